The first-order valence-electron chi connectivity index (χ1n) is 31.8. The molecule has 442 valence electrons. The van der Waals surface area contributed by atoms with Gasteiger partial charge in [-0.15, -0.1) is 0 Å². The Morgan fingerprint density at radius 1 is 0.474 bits per heavy atom. The van der Waals surface area contributed by atoms with Crippen LogP contribution >= 0.6 is 7.82 Å². The summed E-state index contributed by atoms with van der Waals surface area (Å²) in [5.74, 6) is -0.518. The Balaban J connectivity index is 5.25. The van der Waals surface area contributed by atoms with Crippen LogP contribution in [0.1, 0.15) is 284 Å². The van der Waals surface area contributed by atoms with Crippen molar-refractivity contribution >= 4 is 19.7 Å². The van der Waals surface area contributed by atoms with Crippen LogP contribution < -0.4 is 5.32 Å². The quantitative estimate of drug-likeness (QED) is 0.0205. The number of likely N-dealkylation sites (N-methyl/N-ethyl adjacent to an activating group) is 1. The largest absolute Gasteiger partial charge is 0.472 e. The zero-order chi connectivity index (χ0) is 55.7. The number of unbranched alkanes of at least 4 members (excludes halogenated alkanes) is 31. The van der Waals surface area contributed by atoms with Gasteiger partial charge in [0.25, 0.3) is 0 Å². The zero-order valence-electron chi connectivity index (χ0n) is 50.5. The Morgan fingerprint density at radius 2 is 0.842 bits per heavy atom. The molecular weight excluding hydrogens is 964 g/mol. The van der Waals surface area contributed by atoms with Crippen molar-refractivity contribution in [2.45, 2.75) is 296 Å². The van der Waals surface area contributed by atoms with E-state index in [1.165, 1.54) is 154 Å². The first-order valence-corrected chi connectivity index (χ1v) is 33.3. The van der Waals surface area contributed by atoms with Crippen molar-refractivity contribution in [3.05, 3.63) is 72.9 Å². The number of allylic oxidation sites excluding steroid dienone is 11. The van der Waals surface area contributed by atoms with E-state index < -0.39 is 20.0 Å². The molecule has 1 amide bonds. The van der Waals surface area contributed by atoms with Gasteiger partial charge in [0.1, 0.15) is 19.3 Å². The third-order valence-corrected chi connectivity index (χ3v) is 14.9. The van der Waals surface area contributed by atoms with Crippen LogP contribution in [-0.2, 0) is 27.9 Å². The highest BCUT2D eigenvalue weighted by molar-refractivity contribution is 7.47. The predicted molar refractivity (Wildman–Crippen MR) is 328 cm³/mol. The summed E-state index contributed by atoms with van der Waals surface area (Å²) in [6.45, 7) is 6.88. The van der Waals surface area contributed by atoms with Crippen LogP contribution in [0, 0.1) is 0 Å². The second-order valence-electron chi connectivity index (χ2n) is 22.5. The summed E-state index contributed by atoms with van der Waals surface area (Å²) >= 11 is 0. The molecule has 3 atom stereocenters. The molecule has 0 rings (SSSR count). The Kier molecular flexibility index (Phi) is 53.9. The summed E-state index contributed by atoms with van der Waals surface area (Å²) in [5, 5.41) is 3.05. The van der Waals surface area contributed by atoms with E-state index in [1.807, 2.05) is 33.3 Å². The van der Waals surface area contributed by atoms with Gasteiger partial charge in [-0.2, -0.15) is 0 Å². The average molecular weight is 1090 g/mol. The molecule has 10 heteroatoms. The van der Waals surface area contributed by atoms with Crippen molar-refractivity contribution in [1.82, 2.24) is 5.32 Å². The SMILES string of the molecule is CC/C=C/C/C=C/C/C=C/CCCCCCCCC(=O)NC(COP(=O)(O)OCC[N+](C)(C)C)C(/C=C/CCCCCCCCCCCCC)OC(=O)CCCCCCCCCCCCC/C=C\C/C=C\CCCCC. The van der Waals surface area contributed by atoms with E-state index in [1.54, 1.807) is 0 Å². The molecular formula is C66H122N2O7P+. The number of carbonyl (C=O) groups excluding carboxylic acids is 2. The van der Waals surface area contributed by atoms with Gasteiger partial charge in [0.05, 0.1) is 33.8 Å². The predicted octanol–water partition coefficient (Wildman–Crippen LogP) is 19.6. The second kappa shape index (κ2) is 55.8. The molecule has 0 radical (unpaired) electrons. The lowest BCUT2D eigenvalue weighted by Gasteiger charge is -2.27. The van der Waals surface area contributed by atoms with Crippen LogP contribution in [0.5, 0.6) is 0 Å². The molecule has 0 saturated heterocycles. The molecule has 9 nitrogen and oxygen atoms in total. The maximum atomic E-state index is 13.5. The number of hydrogen-bond donors (Lipinski definition) is 2. The Morgan fingerprint density at radius 3 is 1.29 bits per heavy atom. The fraction of sp³-hybridized carbons (Fsp3) is 0.788. The molecule has 0 spiro atoms. The summed E-state index contributed by atoms with van der Waals surface area (Å²) in [4.78, 5) is 37.7. The standard InChI is InChI=1S/C66H121N2O7P/c1-7-10-13-16-19-22-25-28-30-32-33-34-35-36-38-41-44-47-50-53-56-59-66(70)75-64(57-54-51-48-45-42-39-27-24-21-18-15-12-9-3)63(62-74-76(71,72)73-61-60-68(4,5)6)67-65(69)58-55-52-49-46-43-40-37-31-29-26-23-20-17-14-11-8-2/h11,14,19-20,22-23,28-31,54,57,63-64H,7-10,12-13,15-18,21,24-27,32-53,55-56,58-62H2,1-6H3,(H-,67,69,71,72)/p+1/b14-11+,22-19-,23-20+,30-28-,31-29+,57-54+. The zero-order valence-corrected chi connectivity index (χ0v) is 51.4. The summed E-state index contributed by atoms with van der Waals surface area (Å²) in [6.07, 6.45) is 71.8. The van der Waals surface area contributed by atoms with Crippen LogP contribution in [0.4, 0.5) is 0 Å². The van der Waals surface area contributed by atoms with Crippen molar-refractivity contribution in [2.24, 2.45) is 0 Å². The van der Waals surface area contributed by atoms with Crippen molar-refractivity contribution in [3.63, 3.8) is 0 Å². The number of carbonyl (C=O) groups is 2. The highest BCUT2D eigenvalue weighted by Crippen LogP contribution is 2.43. The van der Waals surface area contributed by atoms with E-state index in [9.17, 15) is 19.0 Å². The highest BCUT2D eigenvalue weighted by Gasteiger charge is 2.30. The second-order valence-corrected chi connectivity index (χ2v) is 24.0. The lowest BCUT2D eigenvalue weighted by atomic mass is 10.0. The number of esters is 1. The minimum Gasteiger partial charge on any atom is -0.456 e. The third kappa shape index (κ3) is 56.2. The molecule has 0 saturated carbocycles. The van der Waals surface area contributed by atoms with Gasteiger partial charge in [-0.3, -0.25) is 18.6 Å². The molecule has 3 unspecified atom stereocenters. The molecule has 76 heavy (non-hydrogen) atoms. The number of phosphoric acid groups is 1. The molecule has 0 aliphatic heterocycles. The van der Waals surface area contributed by atoms with Crippen LogP contribution in [0.15, 0.2) is 72.9 Å². The van der Waals surface area contributed by atoms with E-state index >= 15 is 0 Å². The Labute approximate surface area is 470 Å². The first kappa shape index (κ1) is 73.5. The van der Waals surface area contributed by atoms with E-state index in [0.29, 0.717) is 17.4 Å². The number of nitrogens with one attached hydrogen (secondary N) is 1. The minimum atomic E-state index is -4.46. The molecule has 2 N–H and O–H groups in total. The number of hydrogen-bond acceptors (Lipinski definition) is 6. The maximum absolute atomic E-state index is 13.5. The number of ether oxygens (including phenoxy) is 1. The van der Waals surface area contributed by atoms with Crippen LogP contribution in [0.2, 0.25) is 0 Å². The van der Waals surface area contributed by atoms with Crippen LogP contribution in [-0.4, -0.2) is 74.3 Å². The highest BCUT2D eigenvalue weighted by atomic mass is 31.2. The fourth-order valence-electron chi connectivity index (χ4n) is 8.99. The van der Waals surface area contributed by atoms with E-state index in [-0.39, 0.29) is 31.5 Å². The van der Waals surface area contributed by atoms with Crippen molar-refractivity contribution in [1.29, 1.82) is 0 Å². The average Bonchev–Trinajstić information content (AvgIpc) is 3.38. The van der Waals surface area contributed by atoms with Gasteiger partial charge in [-0.1, -0.05) is 248 Å². The summed E-state index contributed by atoms with van der Waals surface area (Å²) in [6, 6.07) is -0.858. The lowest BCUT2D eigenvalue weighted by molar-refractivity contribution is -0.870. The fourth-order valence-corrected chi connectivity index (χ4v) is 9.72. The van der Waals surface area contributed by atoms with E-state index in [4.69, 9.17) is 13.8 Å². The number of quaternary nitrogens is 1. The van der Waals surface area contributed by atoms with Crippen LogP contribution in [0.25, 0.3) is 0 Å². The number of rotatable bonds is 57. The van der Waals surface area contributed by atoms with Crippen molar-refractivity contribution < 1.29 is 37.3 Å². The number of nitrogens with zero attached hydrogens (tertiary/aromatic N) is 1. The Hall–Kier alpha value is -2.55. The maximum Gasteiger partial charge on any atom is 0.472 e. The molecule has 0 aliphatic carbocycles. The summed E-state index contributed by atoms with van der Waals surface area (Å²) < 4.78 is 30.7. The van der Waals surface area contributed by atoms with Crippen LogP contribution in [0.3, 0.4) is 0 Å². The minimum absolute atomic E-state index is 0.0353. The van der Waals surface area contributed by atoms with E-state index in [2.05, 4.69) is 86.8 Å². The molecule has 0 aromatic carbocycles. The Bertz CT molecular complexity index is 1530. The monoisotopic (exact) mass is 1090 g/mol. The van der Waals surface area contributed by atoms with Gasteiger partial charge in [0.15, 0.2) is 0 Å². The van der Waals surface area contributed by atoms with Crippen molar-refractivity contribution in [3.8, 4) is 0 Å². The van der Waals surface area contributed by atoms with E-state index in [0.717, 1.165) is 96.3 Å². The molecule has 0 bridgehead atoms. The summed E-state index contributed by atoms with van der Waals surface area (Å²) in [5.41, 5.74) is 0. The smallest absolute Gasteiger partial charge is 0.456 e. The molecule has 0 aromatic rings. The van der Waals surface area contributed by atoms with Gasteiger partial charge >= 0.3 is 13.8 Å². The van der Waals surface area contributed by atoms with Gasteiger partial charge in [0, 0.05) is 12.8 Å². The topological polar surface area (TPSA) is 111 Å². The number of amides is 1. The molecule has 0 aromatic heterocycles. The number of phosphoric ester groups is 1. The van der Waals surface area contributed by atoms with Gasteiger partial charge in [-0.05, 0) is 96.0 Å². The van der Waals surface area contributed by atoms with Gasteiger partial charge in [0.2, 0.25) is 5.91 Å². The third-order valence-electron chi connectivity index (χ3n) is 13.9. The van der Waals surface area contributed by atoms with Crippen molar-refractivity contribution in [2.75, 3.05) is 40.9 Å². The molecule has 0 heterocycles. The molecule has 0 aliphatic rings. The first-order chi connectivity index (χ1) is 36.9. The lowest BCUT2D eigenvalue weighted by Crippen LogP contribution is -2.47. The van der Waals surface area contributed by atoms with Gasteiger partial charge in [-0.25, -0.2) is 4.57 Å². The normalized spacial score (nSPS) is 14.1. The van der Waals surface area contributed by atoms with Gasteiger partial charge < -0.3 is 19.4 Å². The molecule has 0 fully saturated rings. The summed E-state index contributed by atoms with van der Waals surface area (Å²) in [7, 11) is 1.48.